The normalized spacial score (nSPS) is 22.1. The lowest BCUT2D eigenvalue weighted by molar-refractivity contribution is 0.0666. The molecule has 0 radical (unpaired) electrons. The van der Waals surface area contributed by atoms with Gasteiger partial charge < -0.3 is 4.90 Å². The van der Waals surface area contributed by atoms with E-state index in [0.29, 0.717) is 21.7 Å². The minimum absolute atomic E-state index is 0.164. The third kappa shape index (κ3) is 3.33. The summed E-state index contributed by atoms with van der Waals surface area (Å²) < 4.78 is 0.870. The van der Waals surface area contributed by atoms with Crippen LogP contribution in [0.3, 0.4) is 0 Å². The monoisotopic (exact) mass is 593 g/mol. The summed E-state index contributed by atoms with van der Waals surface area (Å²) in [6, 6.07) is 27.8. The van der Waals surface area contributed by atoms with E-state index in [9.17, 15) is 14.4 Å². The van der Waals surface area contributed by atoms with Gasteiger partial charge in [0.2, 0.25) is 0 Å². The minimum Gasteiger partial charge on any atom is -0.352 e. The van der Waals surface area contributed by atoms with Crippen LogP contribution in [0.2, 0.25) is 5.02 Å². The van der Waals surface area contributed by atoms with Crippen LogP contribution in [0.1, 0.15) is 48.1 Å². The molecule has 1 aliphatic carbocycles. The summed E-state index contributed by atoms with van der Waals surface area (Å²) >= 11 is 9.67. The van der Waals surface area contributed by atoms with Crippen LogP contribution in [0.25, 0.3) is 6.08 Å². The van der Waals surface area contributed by atoms with Gasteiger partial charge in [-0.15, -0.1) is 0 Å². The summed E-state index contributed by atoms with van der Waals surface area (Å²) in [7, 11) is 0. The molecule has 0 saturated carbocycles. The van der Waals surface area contributed by atoms with Crippen LogP contribution < -0.4 is 4.90 Å². The van der Waals surface area contributed by atoms with Crippen molar-refractivity contribution in [2.75, 3.05) is 4.90 Å². The highest BCUT2D eigenvalue weighted by molar-refractivity contribution is 9.10. The average molecular weight is 595 g/mol. The predicted octanol–water partition coefficient (Wildman–Crippen LogP) is 7.42. The largest absolute Gasteiger partial charge is 0.352 e. The number of halogens is 2. The Balaban J connectivity index is 1.54. The van der Waals surface area contributed by atoms with Crippen LogP contribution in [-0.2, 0) is 0 Å². The lowest BCUT2D eigenvalue weighted by Crippen LogP contribution is -2.48. The second kappa shape index (κ2) is 8.87. The molecule has 4 aromatic rings. The molecule has 0 amide bonds. The van der Waals surface area contributed by atoms with Crippen molar-refractivity contribution in [3.8, 4) is 0 Å². The van der Waals surface area contributed by atoms with Crippen LogP contribution in [0.5, 0.6) is 0 Å². The molecule has 39 heavy (non-hydrogen) atoms. The van der Waals surface area contributed by atoms with Crippen molar-refractivity contribution in [3.05, 3.63) is 140 Å². The first kappa shape index (κ1) is 24.3. The molecule has 190 valence electrons. The van der Waals surface area contributed by atoms with Crippen molar-refractivity contribution in [1.29, 1.82) is 0 Å². The van der Waals surface area contributed by atoms with Crippen molar-refractivity contribution >= 4 is 56.6 Å². The van der Waals surface area contributed by atoms with Gasteiger partial charge >= 0.3 is 0 Å². The minimum atomic E-state index is -1.51. The number of carbonyl (C=O) groups is 3. The molecule has 6 heteroatoms. The first-order valence-corrected chi connectivity index (χ1v) is 13.9. The second-order valence-corrected chi connectivity index (χ2v) is 11.5. The molecule has 3 aliphatic rings. The number of nitrogens with zero attached hydrogens (tertiary/aromatic N) is 1. The van der Waals surface area contributed by atoms with Gasteiger partial charge in [-0.05, 0) is 53.6 Å². The maximum atomic E-state index is 14.6. The predicted molar refractivity (Wildman–Crippen MR) is 156 cm³/mol. The first-order chi connectivity index (χ1) is 18.9. The Morgan fingerprint density at radius 3 is 2.08 bits per heavy atom. The van der Waals surface area contributed by atoms with E-state index in [1.165, 1.54) is 0 Å². The lowest BCUT2D eigenvalue weighted by Gasteiger charge is -2.37. The van der Waals surface area contributed by atoms with E-state index in [4.69, 9.17) is 11.6 Å². The number of ketones is 3. The van der Waals surface area contributed by atoms with Crippen molar-refractivity contribution in [2.24, 2.45) is 5.41 Å². The summed E-state index contributed by atoms with van der Waals surface area (Å²) in [5, 5.41) is 0.527. The van der Waals surface area contributed by atoms with E-state index in [-0.39, 0.29) is 17.3 Å². The topological polar surface area (TPSA) is 54.5 Å². The van der Waals surface area contributed by atoms with Gasteiger partial charge in [-0.2, -0.15) is 0 Å². The van der Waals surface area contributed by atoms with Crippen molar-refractivity contribution in [2.45, 2.75) is 18.0 Å². The van der Waals surface area contributed by atoms with Crippen LogP contribution in [0.4, 0.5) is 5.69 Å². The number of hydrogen-bond acceptors (Lipinski definition) is 4. The number of hydrogen-bond donors (Lipinski definition) is 0. The molecular weight excluding hydrogens is 574 g/mol. The highest BCUT2D eigenvalue weighted by Gasteiger charge is 2.71. The Morgan fingerprint density at radius 1 is 0.795 bits per heavy atom. The van der Waals surface area contributed by atoms with E-state index < -0.39 is 23.4 Å². The quantitative estimate of drug-likeness (QED) is 0.183. The van der Waals surface area contributed by atoms with E-state index in [1.807, 2.05) is 65.6 Å². The summed E-state index contributed by atoms with van der Waals surface area (Å²) in [6.07, 6.45) is 3.90. The number of rotatable bonds is 3. The molecule has 0 aromatic heterocycles. The van der Waals surface area contributed by atoms with Gasteiger partial charge in [0.1, 0.15) is 11.5 Å². The number of Topliss-reactive ketones (excluding diaryl/α,β-unsaturated/α-hetero) is 3. The van der Waals surface area contributed by atoms with E-state index in [0.717, 1.165) is 21.3 Å². The molecule has 0 unspecified atom stereocenters. The molecule has 4 nitrogen and oxygen atoms in total. The second-order valence-electron chi connectivity index (χ2n) is 10.2. The van der Waals surface area contributed by atoms with Crippen molar-refractivity contribution in [3.63, 3.8) is 0 Å². The van der Waals surface area contributed by atoms with Crippen molar-refractivity contribution < 1.29 is 14.4 Å². The van der Waals surface area contributed by atoms with Gasteiger partial charge in [-0.3, -0.25) is 14.4 Å². The third-order valence-corrected chi connectivity index (χ3v) is 9.12. The zero-order chi connectivity index (χ0) is 26.9. The fourth-order valence-electron chi connectivity index (χ4n) is 6.75. The number of benzene rings is 4. The van der Waals surface area contributed by atoms with Gasteiger partial charge in [-0.25, -0.2) is 0 Å². The zero-order valence-electron chi connectivity index (χ0n) is 20.6. The number of para-hydroxylation sites is 1. The Morgan fingerprint density at radius 2 is 1.41 bits per heavy atom. The zero-order valence-corrected chi connectivity index (χ0v) is 22.9. The number of anilines is 1. The van der Waals surface area contributed by atoms with Crippen LogP contribution in [0.15, 0.2) is 108 Å². The molecule has 0 N–H and O–H groups in total. The summed E-state index contributed by atoms with van der Waals surface area (Å²) in [6.45, 7) is 0. The van der Waals surface area contributed by atoms with Gasteiger partial charge in [0.15, 0.2) is 17.3 Å². The molecule has 1 spiro atoms. The molecule has 7 rings (SSSR count). The van der Waals surface area contributed by atoms with Gasteiger partial charge in [0.05, 0.1) is 6.04 Å². The fourth-order valence-corrected chi connectivity index (χ4v) is 7.14. The van der Waals surface area contributed by atoms with Gasteiger partial charge in [0, 0.05) is 37.8 Å². The van der Waals surface area contributed by atoms with Crippen LogP contribution in [-0.4, -0.2) is 29.4 Å². The van der Waals surface area contributed by atoms with Crippen LogP contribution >= 0.6 is 27.5 Å². The van der Waals surface area contributed by atoms with Gasteiger partial charge in [0.25, 0.3) is 0 Å². The Labute approximate surface area is 239 Å². The molecular formula is C33H21BrClNO3. The molecule has 2 aliphatic heterocycles. The maximum Gasteiger partial charge on any atom is 0.185 e. The Kier molecular flexibility index (Phi) is 5.51. The fraction of sp³-hybridized carbons (Fsp3) is 0.121. The first-order valence-electron chi connectivity index (χ1n) is 12.7. The molecule has 4 aromatic carbocycles. The third-order valence-electron chi connectivity index (χ3n) is 8.34. The summed E-state index contributed by atoms with van der Waals surface area (Å²) in [5.74, 6) is -1.37. The maximum absolute atomic E-state index is 14.6. The molecule has 0 bridgehead atoms. The highest BCUT2D eigenvalue weighted by Crippen LogP contribution is 2.61. The molecule has 1 fully saturated rings. The molecule has 3 atom stereocenters. The summed E-state index contributed by atoms with van der Waals surface area (Å²) in [5.41, 5.74) is 2.32. The number of carbonyl (C=O) groups excluding carboxylic acids is 3. The Hall–Kier alpha value is -3.80. The van der Waals surface area contributed by atoms with Gasteiger partial charge in [-0.1, -0.05) is 94.3 Å². The smallest absolute Gasteiger partial charge is 0.185 e. The number of fused-ring (bicyclic) bond motifs is 5. The molecule has 1 saturated heterocycles. The highest BCUT2D eigenvalue weighted by atomic mass is 79.9. The average Bonchev–Trinajstić information content (AvgIpc) is 3.40. The van der Waals surface area contributed by atoms with E-state index >= 15 is 0 Å². The van der Waals surface area contributed by atoms with E-state index in [1.54, 1.807) is 48.5 Å². The van der Waals surface area contributed by atoms with E-state index in [2.05, 4.69) is 15.9 Å². The SMILES string of the molecule is O=C(c1ccc(Cl)cc1)[C@H]1[C@H](c2ccc(Br)cc2)C2(C(=O)c3ccccc3C2=O)[C@@H]2C=Cc3ccccc3N21. The molecule has 2 heterocycles. The summed E-state index contributed by atoms with van der Waals surface area (Å²) in [4.78, 5) is 45.7. The van der Waals surface area contributed by atoms with Crippen LogP contribution in [0, 0.1) is 5.41 Å². The van der Waals surface area contributed by atoms with Crippen molar-refractivity contribution in [1.82, 2.24) is 0 Å². The standard InChI is InChI=1S/C33H21BrClNO3/c34-22-14-9-20(10-15-22)28-29(30(37)21-11-16-23(35)17-12-21)36-26-8-4-1-5-19(26)13-18-27(36)33(28)31(38)24-6-2-3-7-25(24)32(33)39/h1-18,27-29H/t27-,28-,29+/m0/s1. The Bertz CT molecular complexity index is 1670. The lowest BCUT2D eigenvalue weighted by atomic mass is 9.64.